The predicted molar refractivity (Wildman–Crippen MR) is 74.1 cm³/mol. The second kappa shape index (κ2) is 5.60. The highest BCUT2D eigenvalue weighted by molar-refractivity contribution is 5.79. The third-order valence-corrected chi connectivity index (χ3v) is 5.07. The highest BCUT2D eigenvalue weighted by atomic mass is 16.1. The van der Waals surface area contributed by atoms with Crippen molar-refractivity contribution in [3.63, 3.8) is 0 Å². The topological polar surface area (TPSA) is 55.1 Å². The minimum Gasteiger partial charge on any atom is -0.355 e. The normalized spacial score (nSPS) is 35.4. The van der Waals surface area contributed by atoms with Gasteiger partial charge in [-0.3, -0.25) is 4.79 Å². The zero-order chi connectivity index (χ0) is 13.2. The third-order valence-electron chi connectivity index (χ3n) is 5.07. The molecule has 3 nitrogen and oxygen atoms in total. The Hall–Kier alpha value is -0.570. The lowest BCUT2D eigenvalue weighted by Gasteiger charge is -2.34. The number of nitrogens with two attached hydrogens (primary N) is 1. The van der Waals surface area contributed by atoms with Crippen LogP contribution in [0.5, 0.6) is 0 Å². The molecule has 0 aromatic carbocycles. The molecule has 18 heavy (non-hydrogen) atoms. The van der Waals surface area contributed by atoms with Gasteiger partial charge in [0, 0.05) is 12.6 Å². The van der Waals surface area contributed by atoms with Crippen molar-refractivity contribution in [1.82, 2.24) is 5.32 Å². The van der Waals surface area contributed by atoms with Crippen molar-refractivity contribution >= 4 is 5.91 Å². The van der Waals surface area contributed by atoms with Crippen molar-refractivity contribution < 1.29 is 4.79 Å². The summed E-state index contributed by atoms with van der Waals surface area (Å²) in [6, 6.07) is 0.0603. The molecule has 0 aromatic heterocycles. The van der Waals surface area contributed by atoms with Gasteiger partial charge in [0.2, 0.25) is 5.91 Å². The van der Waals surface area contributed by atoms with E-state index in [1.807, 2.05) is 0 Å². The van der Waals surface area contributed by atoms with Gasteiger partial charge in [0.1, 0.15) is 0 Å². The second-order valence-electron chi connectivity index (χ2n) is 6.83. The number of carbonyl (C=O) groups is 1. The molecule has 0 spiro atoms. The molecule has 0 heterocycles. The fourth-order valence-corrected chi connectivity index (χ4v) is 3.73. The summed E-state index contributed by atoms with van der Waals surface area (Å²) in [6.07, 6.45) is 8.43. The van der Waals surface area contributed by atoms with E-state index in [1.54, 1.807) is 0 Å². The Morgan fingerprint density at radius 1 is 1.28 bits per heavy atom. The van der Waals surface area contributed by atoms with E-state index < -0.39 is 0 Å². The van der Waals surface area contributed by atoms with Gasteiger partial charge in [-0.25, -0.2) is 0 Å². The van der Waals surface area contributed by atoms with Crippen LogP contribution in [0, 0.1) is 17.3 Å². The Kier molecular flexibility index (Phi) is 4.31. The van der Waals surface area contributed by atoms with Crippen molar-refractivity contribution in [3.8, 4) is 0 Å². The molecular weight excluding hydrogens is 224 g/mol. The number of hydrogen-bond donors (Lipinski definition) is 2. The summed E-state index contributed by atoms with van der Waals surface area (Å²) in [4.78, 5) is 12.3. The molecule has 1 amide bonds. The van der Waals surface area contributed by atoms with Gasteiger partial charge < -0.3 is 11.1 Å². The molecule has 2 rings (SSSR count). The van der Waals surface area contributed by atoms with Crippen LogP contribution in [0.1, 0.15) is 58.8 Å². The summed E-state index contributed by atoms with van der Waals surface area (Å²) in [7, 11) is 0. The van der Waals surface area contributed by atoms with Crippen molar-refractivity contribution in [2.24, 2.45) is 23.0 Å². The average Bonchev–Trinajstić information content (AvgIpc) is 2.74. The van der Waals surface area contributed by atoms with E-state index in [1.165, 1.54) is 32.1 Å². The monoisotopic (exact) mass is 252 g/mol. The molecule has 2 saturated carbocycles. The first kappa shape index (κ1) is 13.9. The van der Waals surface area contributed by atoms with Gasteiger partial charge in [0.05, 0.1) is 5.92 Å². The summed E-state index contributed by atoms with van der Waals surface area (Å²) < 4.78 is 0. The van der Waals surface area contributed by atoms with Gasteiger partial charge in [0.15, 0.2) is 0 Å². The van der Waals surface area contributed by atoms with Crippen LogP contribution in [0.4, 0.5) is 0 Å². The smallest absolute Gasteiger partial charge is 0.224 e. The molecular formula is C15H28N2O. The Morgan fingerprint density at radius 2 is 1.94 bits per heavy atom. The molecule has 2 aliphatic rings. The minimum atomic E-state index is 0.0313. The Morgan fingerprint density at radius 3 is 2.56 bits per heavy atom. The zero-order valence-corrected chi connectivity index (χ0v) is 11.9. The highest BCUT2D eigenvalue weighted by Gasteiger charge is 2.35. The molecule has 0 aromatic rings. The molecule has 104 valence electrons. The van der Waals surface area contributed by atoms with Crippen molar-refractivity contribution in [2.45, 2.75) is 64.8 Å². The average molecular weight is 252 g/mol. The molecule has 0 saturated heterocycles. The minimum absolute atomic E-state index is 0.0313. The molecule has 3 unspecified atom stereocenters. The van der Waals surface area contributed by atoms with Crippen LogP contribution in [0.25, 0.3) is 0 Å². The first-order chi connectivity index (χ1) is 8.52. The lowest BCUT2D eigenvalue weighted by atomic mass is 9.76. The van der Waals surface area contributed by atoms with Gasteiger partial charge in [-0.05, 0) is 37.0 Å². The van der Waals surface area contributed by atoms with Crippen LogP contribution >= 0.6 is 0 Å². The molecule has 3 heteroatoms. The van der Waals surface area contributed by atoms with Gasteiger partial charge in [-0.1, -0.05) is 33.1 Å². The molecule has 2 aliphatic carbocycles. The van der Waals surface area contributed by atoms with Crippen molar-refractivity contribution in [3.05, 3.63) is 0 Å². The zero-order valence-electron chi connectivity index (χ0n) is 11.9. The molecule has 0 radical (unpaired) electrons. The second-order valence-corrected chi connectivity index (χ2v) is 6.83. The molecule has 0 aliphatic heterocycles. The van der Waals surface area contributed by atoms with Crippen LogP contribution in [0.2, 0.25) is 0 Å². The lowest BCUT2D eigenvalue weighted by Crippen LogP contribution is -2.49. The van der Waals surface area contributed by atoms with Crippen LogP contribution in [0.15, 0.2) is 0 Å². The van der Waals surface area contributed by atoms with E-state index in [9.17, 15) is 4.79 Å². The Bertz CT molecular complexity index is 287. The lowest BCUT2D eigenvalue weighted by molar-refractivity contribution is -0.128. The van der Waals surface area contributed by atoms with Crippen LogP contribution in [0.3, 0.4) is 0 Å². The SMILES string of the molecule is CC1CCCC(N)C1C(=O)NCC1(C)CCCC1. The number of nitrogens with one attached hydrogen (secondary N) is 1. The van der Waals surface area contributed by atoms with Gasteiger partial charge in [-0.2, -0.15) is 0 Å². The Balaban J connectivity index is 1.86. The maximum atomic E-state index is 12.3. The summed E-state index contributed by atoms with van der Waals surface area (Å²) >= 11 is 0. The third kappa shape index (κ3) is 3.05. The Labute approximate surface area is 111 Å². The summed E-state index contributed by atoms with van der Waals surface area (Å²) in [5.41, 5.74) is 6.46. The van der Waals surface area contributed by atoms with Gasteiger partial charge in [0.25, 0.3) is 0 Å². The first-order valence-electron chi connectivity index (χ1n) is 7.55. The quantitative estimate of drug-likeness (QED) is 0.810. The number of amides is 1. The van der Waals surface area contributed by atoms with E-state index >= 15 is 0 Å². The van der Waals surface area contributed by atoms with E-state index in [-0.39, 0.29) is 17.9 Å². The number of rotatable bonds is 3. The van der Waals surface area contributed by atoms with Gasteiger partial charge in [-0.15, -0.1) is 0 Å². The summed E-state index contributed by atoms with van der Waals surface area (Å²) in [5, 5.41) is 3.18. The van der Waals surface area contributed by atoms with Crippen LogP contribution < -0.4 is 11.1 Å². The largest absolute Gasteiger partial charge is 0.355 e. The summed E-state index contributed by atoms with van der Waals surface area (Å²) in [6.45, 7) is 5.30. The standard InChI is InChI=1S/C15H28N2O/c1-11-6-5-7-12(16)13(11)14(18)17-10-15(2)8-3-4-9-15/h11-13H,3-10,16H2,1-2H3,(H,17,18). The first-order valence-corrected chi connectivity index (χ1v) is 7.55. The fraction of sp³-hybridized carbons (Fsp3) is 0.933. The van der Waals surface area contributed by atoms with E-state index in [0.717, 1.165) is 19.4 Å². The molecule has 0 bridgehead atoms. The summed E-state index contributed by atoms with van der Waals surface area (Å²) in [5.74, 6) is 0.664. The van der Waals surface area contributed by atoms with Crippen molar-refractivity contribution in [1.29, 1.82) is 0 Å². The molecule has 3 N–H and O–H groups in total. The molecule has 3 atom stereocenters. The predicted octanol–water partition coefficient (Wildman–Crippen LogP) is 2.45. The van der Waals surface area contributed by atoms with Crippen molar-refractivity contribution in [2.75, 3.05) is 6.54 Å². The van der Waals surface area contributed by atoms with E-state index in [4.69, 9.17) is 5.73 Å². The fourth-order valence-electron chi connectivity index (χ4n) is 3.73. The molecule has 2 fully saturated rings. The van der Waals surface area contributed by atoms with E-state index in [2.05, 4.69) is 19.2 Å². The number of carbonyl (C=O) groups excluding carboxylic acids is 1. The van der Waals surface area contributed by atoms with Gasteiger partial charge >= 0.3 is 0 Å². The maximum Gasteiger partial charge on any atom is 0.224 e. The van der Waals surface area contributed by atoms with E-state index in [0.29, 0.717) is 11.3 Å². The maximum absolute atomic E-state index is 12.3. The highest BCUT2D eigenvalue weighted by Crippen LogP contribution is 2.37. The van der Waals surface area contributed by atoms with Crippen LogP contribution in [-0.4, -0.2) is 18.5 Å². The number of hydrogen-bond acceptors (Lipinski definition) is 2. The van der Waals surface area contributed by atoms with Crippen LogP contribution in [-0.2, 0) is 4.79 Å².